The van der Waals surface area contributed by atoms with E-state index in [0.29, 0.717) is 13.0 Å². The Balaban J connectivity index is 1.96. The molecule has 1 aromatic heterocycles. The number of aryl methyl sites for hydroxylation is 1. The minimum atomic E-state index is -0.699. The molecule has 2 heterocycles. The first kappa shape index (κ1) is 14.0. The van der Waals surface area contributed by atoms with E-state index < -0.39 is 5.54 Å². The highest BCUT2D eigenvalue weighted by Crippen LogP contribution is 2.33. The van der Waals surface area contributed by atoms with Crippen molar-refractivity contribution in [3.63, 3.8) is 0 Å². The van der Waals surface area contributed by atoms with Gasteiger partial charge in [-0.05, 0) is 31.4 Å². The lowest BCUT2D eigenvalue weighted by Gasteiger charge is -2.38. The van der Waals surface area contributed by atoms with Crippen LogP contribution in [0.3, 0.4) is 0 Å². The number of nitrogens with one attached hydrogen (secondary N) is 1. The van der Waals surface area contributed by atoms with Crippen LogP contribution >= 0.6 is 0 Å². The molecule has 0 unspecified atom stereocenters. The molecule has 0 atom stereocenters. The summed E-state index contributed by atoms with van der Waals surface area (Å²) in [5.74, 6) is 0.00816. The minimum absolute atomic E-state index is 0.0200. The van der Waals surface area contributed by atoms with Gasteiger partial charge in [-0.25, -0.2) is 0 Å². The topological polar surface area (TPSA) is 62.3 Å². The molecule has 1 aliphatic heterocycles. The monoisotopic (exact) mass is 287 g/mol. The molecule has 1 aliphatic carbocycles. The second-order valence-corrected chi connectivity index (χ2v) is 6.12. The van der Waals surface area contributed by atoms with Crippen LogP contribution < -0.4 is 10.2 Å². The fraction of sp³-hybridized carbons (Fsp3) is 0.562. The van der Waals surface area contributed by atoms with Crippen LogP contribution in [-0.2, 0) is 9.59 Å². The van der Waals surface area contributed by atoms with Gasteiger partial charge in [0.2, 0.25) is 5.91 Å². The van der Waals surface area contributed by atoms with Gasteiger partial charge >= 0.3 is 0 Å². The normalized spacial score (nSPS) is 22.0. The molecule has 1 aromatic rings. The number of carbonyl (C=O) groups excluding carboxylic acids is 2. The number of aromatic nitrogens is 1. The lowest BCUT2D eigenvalue weighted by atomic mass is 9.80. The fourth-order valence-electron chi connectivity index (χ4n) is 3.38. The maximum absolute atomic E-state index is 13.1. The molecule has 2 fully saturated rings. The van der Waals surface area contributed by atoms with Crippen LogP contribution in [0.25, 0.3) is 0 Å². The van der Waals surface area contributed by atoms with Crippen molar-refractivity contribution in [2.24, 2.45) is 0 Å². The Hall–Kier alpha value is -1.91. The van der Waals surface area contributed by atoms with E-state index in [1.54, 1.807) is 17.3 Å². The van der Waals surface area contributed by atoms with Crippen molar-refractivity contribution >= 4 is 17.5 Å². The van der Waals surface area contributed by atoms with Crippen molar-refractivity contribution in [3.05, 3.63) is 24.0 Å². The van der Waals surface area contributed by atoms with Gasteiger partial charge in [0.25, 0.3) is 5.91 Å². The van der Waals surface area contributed by atoms with Gasteiger partial charge in [-0.1, -0.05) is 19.3 Å². The zero-order valence-corrected chi connectivity index (χ0v) is 12.4. The highest BCUT2D eigenvalue weighted by Gasteiger charge is 2.45. The number of hydrogen-bond acceptors (Lipinski definition) is 3. The number of pyridine rings is 1. The third-order valence-electron chi connectivity index (χ3n) is 4.48. The van der Waals surface area contributed by atoms with Gasteiger partial charge in [0, 0.05) is 19.2 Å². The molecule has 0 radical (unpaired) electrons. The Kier molecular flexibility index (Phi) is 3.66. The second-order valence-electron chi connectivity index (χ2n) is 6.12. The Labute approximate surface area is 124 Å². The zero-order chi connectivity index (χ0) is 14.9. The van der Waals surface area contributed by atoms with Crippen molar-refractivity contribution in [1.82, 2.24) is 10.3 Å². The van der Waals surface area contributed by atoms with Gasteiger partial charge in [0.15, 0.2) is 0 Å². The third-order valence-corrected chi connectivity index (χ3v) is 4.48. The first-order chi connectivity index (χ1) is 10.1. The molecule has 1 spiro atoms. The van der Waals surface area contributed by atoms with Crippen LogP contribution in [0.1, 0.15) is 44.1 Å². The van der Waals surface area contributed by atoms with Crippen LogP contribution in [0, 0.1) is 6.92 Å². The van der Waals surface area contributed by atoms with Crippen molar-refractivity contribution in [2.45, 2.75) is 51.0 Å². The molecule has 1 saturated carbocycles. The largest absolute Gasteiger partial charge is 0.342 e. The molecule has 3 rings (SSSR count). The van der Waals surface area contributed by atoms with E-state index in [9.17, 15) is 9.59 Å². The van der Waals surface area contributed by atoms with E-state index in [1.165, 1.54) is 0 Å². The summed E-state index contributed by atoms with van der Waals surface area (Å²) in [7, 11) is 0. The second kappa shape index (κ2) is 5.47. The van der Waals surface area contributed by atoms with Crippen LogP contribution in [-0.4, -0.2) is 28.9 Å². The van der Waals surface area contributed by atoms with Gasteiger partial charge in [-0.3, -0.25) is 14.6 Å². The molecule has 112 valence electrons. The standard InChI is InChI=1S/C16H21N3O2/c1-12-9-13(11-17-10-12)19-8-5-14(20)18-16(15(19)21)6-3-2-4-7-16/h9-11H,2-8H2,1H3,(H,18,20). The van der Waals surface area contributed by atoms with Gasteiger partial charge in [0.1, 0.15) is 5.54 Å². The fourth-order valence-corrected chi connectivity index (χ4v) is 3.38. The zero-order valence-electron chi connectivity index (χ0n) is 12.4. The number of carbonyl (C=O) groups is 2. The average molecular weight is 287 g/mol. The number of anilines is 1. The lowest BCUT2D eigenvalue weighted by molar-refractivity contribution is -0.131. The molecular formula is C16H21N3O2. The summed E-state index contributed by atoms with van der Waals surface area (Å²) in [4.78, 5) is 31.0. The summed E-state index contributed by atoms with van der Waals surface area (Å²) in [6, 6.07) is 1.96. The summed E-state index contributed by atoms with van der Waals surface area (Å²) >= 11 is 0. The molecule has 1 saturated heterocycles. The summed E-state index contributed by atoms with van der Waals surface area (Å²) in [5.41, 5.74) is 1.11. The smallest absolute Gasteiger partial charge is 0.252 e. The summed E-state index contributed by atoms with van der Waals surface area (Å²) < 4.78 is 0. The number of amides is 2. The predicted octanol–water partition coefficient (Wildman–Crippen LogP) is 1.95. The van der Waals surface area contributed by atoms with Crippen molar-refractivity contribution in [3.8, 4) is 0 Å². The van der Waals surface area contributed by atoms with Gasteiger partial charge in [0.05, 0.1) is 11.9 Å². The molecule has 1 N–H and O–H groups in total. The summed E-state index contributed by atoms with van der Waals surface area (Å²) in [6.45, 7) is 2.39. The lowest BCUT2D eigenvalue weighted by Crippen LogP contribution is -2.58. The average Bonchev–Trinajstić information content (AvgIpc) is 2.58. The van der Waals surface area contributed by atoms with E-state index in [-0.39, 0.29) is 11.8 Å². The van der Waals surface area contributed by atoms with Crippen molar-refractivity contribution in [1.29, 1.82) is 0 Å². The SMILES string of the molecule is Cc1cncc(N2CCC(=O)NC3(CCCCC3)C2=O)c1. The minimum Gasteiger partial charge on any atom is -0.342 e. The van der Waals surface area contributed by atoms with Crippen LogP contribution in [0.2, 0.25) is 0 Å². The molecule has 2 aliphatic rings. The maximum Gasteiger partial charge on any atom is 0.252 e. The number of rotatable bonds is 1. The molecular weight excluding hydrogens is 266 g/mol. The molecule has 2 amide bonds. The molecule has 0 aromatic carbocycles. The van der Waals surface area contributed by atoms with Crippen LogP contribution in [0.5, 0.6) is 0 Å². The van der Waals surface area contributed by atoms with E-state index >= 15 is 0 Å². The highest BCUT2D eigenvalue weighted by atomic mass is 16.2. The molecule has 5 nitrogen and oxygen atoms in total. The Morgan fingerprint density at radius 3 is 2.67 bits per heavy atom. The van der Waals surface area contributed by atoms with Gasteiger partial charge in [-0.15, -0.1) is 0 Å². The Bertz CT molecular complexity index is 564. The summed E-state index contributed by atoms with van der Waals surface area (Å²) in [5, 5.41) is 3.01. The van der Waals surface area contributed by atoms with E-state index in [2.05, 4.69) is 10.3 Å². The van der Waals surface area contributed by atoms with E-state index in [1.807, 2.05) is 13.0 Å². The first-order valence-corrected chi connectivity index (χ1v) is 7.65. The molecule has 5 heteroatoms. The molecule has 21 heavy (non-hydrogen) atoms. The third kappa shape index (κ3) is 2.64. The maximum atomic E-state index is 13.1. The Morgan fingerprint density at radius 2 is 1.95 bits per heavy atom. The van der Waals surface area contributed by atoms with Crippen LogP contribution in [0.4, 0.5) is 5.69 Å². The van der Waals surface area contributed by atoms with E-state index in [0.717, 1.165) is 43.4 Å². The number of nitrogens with zero attached hydrogens (tertiary/aromatic N) is 2. The quantitative estimate of drug-likeness (QED) is 0.858. The predicted molar refractivity (Wildman–Crippen MR) is 79.9 cm³/mol. The highest BCUT2D eigenvalue weighted by molar-refractivity contribution is 6.04. The Morgan fingerprint density at radius 1 is 1.19 bits per heavy atom. The number of hydrogen-bond donors (Lipinski definition) is 1. The van der Waals surface area contributed by atoms with Crippen molar-refractivity contribution in [2.75, 3.05) is 11.4 Å². The van der Waals surface area contributed by atoms with Gasteiger partial charge in [-0.2, -0.15) is 0 Å². The van der Waals surface area contributed by atoms with Crippen LogP contribution in [0.15, 0.2) is 18.5 Å². The van der Waals surface area contributed by atoms with E-state index in [4.69, 9.17) is 0 Å². The first-order valence-electron chi connectivity index (χ1n) is 7.65. The molecule has 0 bridgehead atoms. The van der Waals surface area contributed by atoms with Crippen molar-refractivity contribution < 1.29 is 9.59 Å². The summed E-state index contributed by atoms with van der Waals surface area (Å²) in [6.07, 6.45) is 8.43. The van der Waals surface area contributed by atoms with Gasteiger partial charge < -0.3 is 10.2 Å².